The summed E-state index contributed by atoms with van der Waals surface area (Å²) < 4.78 is 2.29. The number of rotatable bonds is 6. The van der Waals surface area contributed by atoms with Crippen molar-refractivity contribution in [2.75, 3.05) is 18.4 Å². The van der Waals surface area contributed by atoms with Gasteiger partial charge in [0.1, 0.15) is 11.3 Å². The van der Waals surface area contributed by atoms with Gasteiger partial charge in [-0.05, 0) is 57.3 Å². The van der Waals surface area contributed by atoms with Gasteiger partial charge in [-0.1, -0.05) is 48.5 Å². The second kappa shape index (κ2) is 8.86. The zero-order chi connectivity index (χ0) is 21.0. The lowest BCUT2D eigenvalue weighted by Gasteiger charge is -2.23. The Morgan fingerprint density at radius 2 is 1.65 bits per heavy atom. The fraction of sp³-hybridized carbons (Fsp3) is 0.320. The number of aryl methyl sites for hydroxylation is 2. The predicted molar refractivity (Wildman–Crippen MR) is 125 cm³/mol. The van der Waals surface area contributed by atoms with Crippen molar-refractivity contribution in [3.63, 3.8) is 0 Å². The second-order valence-electron chi connectivity index (χ2n) is 8.23. The molecule has 1 aliphatic heterocycles. The molecule has 0 atom stereocenters. The summed E-state index contributed by atoms with van der Waals surface area (Å²) in [4.78, 5) is 14.6. The number of hydrogen-bond donors (Lipinski definition) is 2. The number of nitrogens with zero attached hydrogens (tertiary/aromatic N) is 4. The van der Waals surface area contributed by atoms with Crippen LogP contribution in [0.1, 0.15) is 25.0 Å². The summed E-state index contributed by atoms with van der Waals surface area (Å²) >= 11 is 0. The van der Waals surface area contributed by atoms with Crippen molar-refractivity contribution in [3.05, 3.63) is 66.4 Å². The Bertz CT molecular complexity index is 1150. The smallest absolute Gasteiger partial charge is 0.229 e. The van der Waals surface area contributed by atoms with Crippen LogP contribution in [0.4, 0.5) is 11.6 Å². The topological polar surface area (TPSA) is 67.7 Å². The zero-order valence-corrected chi connectivity index (χ0v) is 17.9. The van der Waals surface area contributed by atoms with Crippen molar-refractivity contribution < 1.29 is 0 Å². The number of nitrogens with one attached hydrogen (secondary N) is 2. The van der Waals surface area contributed by atoms with Crippen molar-refractivity contribution in [2.24, 2.45) is 5.92 Å². The molecule has 1 saturated heterocycles. The lowest BCUT2D eigenvalue weighted by molar-refractivity contribution is 0.339. The van der Waals surface area contributed by atoms with E-state index in [1.807, 2.05) is 43.3 Å². The molecule has 2 aromatic carbocycles. The van der Waals surface area contributed by atoms with Gasteiger partial charge < -0.3 is 15.2 Å². The molecule has 0 spiro atoms. The minimum absolute atomic E-state index is 0.610. The lowest BCUT2D eigenvalue weighted by atomic mass is 9.95. The van der Waals surface area contributed by atoms with E-state index in [4.69, 9.17) is 9.97 Å². The third kappa shape index (κ3) is 4.30. The Balaban J connectivity index is 1.55. The van der Waals surface area contributed by atoms with Gasteiger partial charge in [-0.3, -0.25) is 0 Å². The summed E-state index contributed by atoms with van der Waals surface area (Å²) in [6.07, 6.45) is 3.61. The third-order valence-corrected chi connectivity index (χ3v) is 6.05. The summed E-state index contributed by atoms with van der Waals surface area (Å²) in [7, 11) is 0. The zero-order valence-electron chi connectivity index (χ0n) is 17.9. The maximum absolute atomic E-state index is 4.99. The largest absolute Gasteiger partial charge is 0.324 e. The molecule has 6 heteroatoms. The van der Waals surface area contributed by atoms with E-state index >= 15 is 0 Å². The number of aromatic nitrogens is 4. The minimum atomic E-state index is 0.610. The SMILES string of the molecule is Cc1nc(Nc2ccccc2)nc2c1nc(-c1ccccc1)n2CCC1CCNCC1. The number of fused-ring (bicyclic) bond motifs is 1. The molecule has 0 unspecified atom stereocenters. The van der Waals surface area contributed by atoms with E-state index in [-0.39, 0.29) is 0 Å². The van der Waals surface area contributed by atoms with Gasteiger partial charge >= 0.3 is 0 Å². The molecule has 1 aliphatic rings. The van der Waals surface area contributed by atoms with Crippen LogP contribution >= 0.6 is 0 Å². The van der Waals surface area contributed by atoms with Gasteiger partial charge in [0, 0.05) is 17.8 Å². The monoisotopic (exact) mass is 412 g/mol. The van der Waals surface area contributed by atoms with E-state index in [2.05, 4.69) is 44.5 Å². The van der Waals surface area contributed by atoms with E-state index in [0.717, 1.165) is 65.9 Å². The first-order valence-electron chi connectivity index (χ1n) is 11.1. The van der Waals surface area contributed by atoms with Crippen LogP contribution in [0.3, 0.4) is 0 Å². The highest BCUT2D eigenvalue weighted by atomic mass is 15.2. The first kappa shape index (κ1) is 19.7. The maximum Gasteiger partial charge on any atom is 0.229 e. The first-order valence-corrected chi connectivity index (χ1v) is 11.1. The van der Waals surface area contributed by atoms with Gasteiger partial charge in [0.25, 0.3) is 0 Å². The highest BCUT2D eigenvalue weighted by Crippen LogP contribution is 2.28. The highest BCUT2D eigenvalue weighted by Gasteiger charge is 2.19. The van der Waals surface area contributed by atoms with Crippen LogP contribution < -0.4 is 10.6 Å². The van der Waals surface area contributed by atoms with Gasteiger partial charge in [0.15, 0.2) is 5.65 Å². The van der Waals surface area contributed by atoms with Crippen molar-refractivity contribution in [3.8, 4) is 11.4 Å². The summed E-state index contributed by atoms with van der Waals surface area (Å²) in [5, 5.41) is 6.81. The standard InChI is InChI=1S/C25H28N6/c1-18-22-24(30-25(27-18)28-21-10-6-3-7-11-21)31(17-14-19-12-15-26-16-13-19)23(29-22)20-8-4-2-5-9-20/h2-11,19,26H,12-17H2,1H3,(H,27,28,30). The average molecular weight is 413 g/mol. The van der Waals surface area contributed by atoms with Crippen molar-refractivity contribution in [1.82, 2.24) is 24.8 Å². The lowest BCUT2D eigenvalue weighted by Crippen LogP contribution is -2.28. The molecule has 0 saturated carbocycles. The molecular weight excluding hydrogens is 384 g/mol. The Hall–Kier alpha value is -3.25. The van der Waals surface area contributed by atoms with Crippen LogP contribution in [0.15, 0.2) is 60.7 Å². The Kier molecular flexibility index (Phi) is 5.63. The predicted octanol–water partition coefficient (Wildman–Crippen LogP) is 4.94. The molecule has 31 heavy (non-hydrogen) atoms. The molecule has 2 aromatic heterocycles. The van der Waals surface area contributed by atoms with Crippen LogP contribution in [0, 0.1) is 12.8 Å². The highest BCUT2D eigenvalue weighted by molar-refractivity contribution is 5.80. The van der Waals surface area contributed by atoms with Crippen LogP contribution in [0.2, 0.25) is 0 Å². The Morgan fingerprint density at radius 1 is 0.935 bits per heavy atom. The van der Waals surface area contributed by atoms with Gasteiger partial charge in [0.05, 0.1) is 5.69 Å². The van der Waals surface area contributed by atoms with Gasteiger partial charge in [-0.2, -0.15) is 4.98 Å². The molecule has 158 valence electrons. The number of anilines is 2. The quantitative estimate of drug-likeness (QED) is 0.470. The number of imidazole rings is 1. The van der Waals surface area contributed by atoms with Crippen LogP contribution in [-0.2, 0) is 6.54 Å². The summed E-state index contributed by atoms with van der Waals surface area (Å²) in [6.45, 7) is 5.16. The van der Waals surface area contributed by atoms with E-state index < -0.39 is 0 Å². The number of piperidine rings is 1. The normalized spacial score (nSPS) is 14.7. The molecule has 1 fully saturated rings. The minimum Gasteiger partial charge on any atom is -0.324 e. The summed E-state index contributed by atoms with van der Waals surface area (Å²) in [6, 6.07) is 20.5. The first-order chi connectivity index (χ1) is 15.3. The van der Waals surface area contributed by atoms with Crippen LogP contribution in [0.25, 0.3) is 22.6 Å². The summed E-state index contributed by atoms with van der Waals surface area (Å²) in [5.41, 5.74) is 4.76. The van der Waals surface area contributed by atoms with Gasteiger partial charge in [0.2, 0.25) is 5.95 Å². The third-order valence-electron chi connectivity index (χ3n) is 6.05. The average Bonchev–Trinajstić information content (AvgIpc) is 3.19. The molecule has 2 N–H and O–H groups in total. The molecule has 0 amide bonds. The van der Waals surface area contributed by atoms with Crippen molar-refractivity contribution >= 4 is 22.8 Å². The summed E-state index contributed by atoms with van der Waals surface area (Å²) in [5.74, 6) is 2.32. The van der Waals surface area contributed by atoms with E-state index in [1.54, 1.807) is 0 Å². The molecule has 0 radical (unpaired) electrons. The Morgan fingerprint density at radius 3 is 2.39 bits per heavy atom. The van der Waals surface area contributed by atoms with Crippen LogP contribution in [-0.4, -0.2) is 32.6 Å². The van der Waals surface area contributed by atoms with E-state index in [1.165, 1.54) is 12.8 Å². The molecule has 4 aromatic rings. The number of hydrogen-bond acceptors (Lipinski definition) is 5. The molecule has 3 heterocycles. The van der Waals surface area contributed by atoms with Gasteiger partial charge in [-0.25, -0.2) is 9.97 Å². The van der Waals surface area contributed by atoms with E-state index in [0.29, 0.717) is 5.95 Å². The molecule has 6 nitrogen and oxygen atoms in total. The molecule has 5 rings (SSSR count). The number of para-hydroxylation sites is 1. The van der Waals surface area contributed by atoms with Crippen molar-refractivity contribution in [2.45, 2.75) is 32.7 Å². The number of benzene rings is 2. The second-order valence-corrected chi connectivity index (χ2v) is 8.23. The van der Waals surface area contributed by atoms with Crippen molar-refractivity contribution in [1.29, 1.82) is 0 Å². The fourth-order valence-electron chi connectivity index (χ4n) is 4.35. The molecule has 0 bridgehead atoms. The van der Waals surface area contributed by atoms with Crippen LogP contribution in [0.5, 0.6) is 0 Å². The maximum atomic E-state index is 4.99. The molecular formula is C25H28N6. The molecule has 0 aliphatic carbocycles. The Labute approximate surface area is 182 Å². The van der Waals surface area contributed by atoms with Gasteiger partial charge in [-0.15, -0.1) is 0 Å². The van der Waals surface area contributed by atoms with E-state index in [9.17, 15) is 0 Å². The fourth-order valence-corrected chi connectivity index (χ4v) is 4.35.